The predicted octanol–water partition coefficient (Wildman–Crippen LogP) is 4.22. The molecule has 2 aliphatic rings. The zero-order chi connectivity index (χ0) is 16.3. The fourth-order valence-electron chi connectivity index (χ4n) is 3.35. The van der Waals surface area contributed by atoms with Crippen LogP contribution in [0.3, 0.4) is 0 Å². The van der Waals surface area contributed by atoms with E-state index in [0.717, 1.165) is 44.3 Å². The van der Waals surface area contributed by atoms with Crippen molar-refractivity contribution in [2.75, 3.05) is 7.11 Å². The minimum absolute atomic E-state index is 0.405. The Hall–Kier alpha value is -2.17. The molecule has 5 heteroatoms. The molecule has 0 N–H and O–H groups in total. The van der Waals surface area contributed by atoms with Crippen LogP contribution >= 0.6 is 0 Å². The highest BCUT2D eigenvalue weighted by Gasteiger charge is 2.53. The van der Waals surface area contributed by atoms with Crippen molar-refractivity contribution in [2.24, 2.45) is 0 Å². The number of methoxy groups -OCH3 is 1. The zero-order valence-electron chi connectivity index (χ0n) is 13.4. The second-order valence-corrected chi connectivity index (χ2v) is 6.07. The Labute approximate surface area is 136 Å². The predicted molar refractivity (Wildman–Crippen MR) is 84.5 cm³/mol. The minimum Gasteiger partial charge on any atom is -0.497 e. The van der Waals surface area contributed by atoms with Crippen LogP contribution in [-0.4, -0.2) is 25.0 Å². The van der Waals surface area contributed by atoms with E-state index in [9.17, 15) is 4.79 Å². The summed E-state index contributed by atoms with van der Waals surface area (Å²) in [6.45, 7) is 3.98. The van der Waals surface area contributed by atoms with Gasteiger partial charge in [-0.1, -0.05) is 19.4 Å². The van der Waals surface area contributed by atoms with Gasteiger partial charge in [0.15, 0.2) is 5.60 Å². The molecule has 1 spiro atoms. The van der Waals surface area contributed by atoms with E-state index in [1.165, 1.54) is 0 Å². The van der Waals surface area contributed by atoms with Crippen molar-refractivity contribution in [3.8, 4) is 11.5 Å². The van der Waals surface area contributed by atoms with Crippen LogP contribution in [-0.2, 0) is 9.47 Å². The van der Waals surface area contributed by atoms with E-state index in [1.54, 1.807) is 31.4 Å². The molecule has 1 saturated heterocycles. The first-order valence-electron chi connectivity index (χ1n) is 8.03. The van der Waals surface area contributed by atoms with Gasteiger partial charge in [-0.2, -0.15) is 0 Å². The van der Waals surface area contributed by atoms with Crippen molar-refractivity contribution in [1.29, 1.82) is 0 Å². The summed E-state index contributed by atoms with van der Waals surface area (Å²) in [6.07, 6.45) is 4.72. The molecule has 0 aromatic heterocycles. The first-order valence-corrected chi connectivity index (χ1v) is 8.03. The van der Waals surface area contributed by atoms with Crippen LogP contribution in [0.1, 0.15) is 38.5 Å². The van der Waals surface area contributed by atoms with Gasteiger partial charge in [0.25, 0.3) is 0 Å². The molecule has 2 fully saturated rings. The third-order valence-electron chi connectivity index (χ3n) is 4.53. The maximum Gasteiger partial charge on any atom is 0.509 e. The summed E-state index contributed by atoms with van der Waals surface area (Å²) in [6, 6.07) is 7.20. The average Bonchev–Trinajstić information content (AvgIpc) is 2.71. The molecule has 3 rings (SSSR count). The number of hydrogen-bond acceptors (Lipinski definition) is 5. The maximum absolute atomic E-state index is 11.7. The normalized spacial score (nSPS) is 22.8. The zero-order valence-corrected chi connectivity index (χ0v) is 13.4. The van der Waals surface area contributed by atoms with Gasteiger partial charge in [-0.25, -0.2) is 4.79 Å². The number of cyclic esters (lactones) is 1. The van der Waals surface area contributed by atoms with Crippen molar-refractivity contribution in [3.63, 3.8) is 0 Å². The van der Waals surface area contributed by atoms with E-state index in [-0.39, 0.29) is 0 Å². The second-order valence-electron chi connectivity index (χ2n) is 6.07. The average molecular weight is 318 g/mol. The summed E-state index contributed by atoms with van der Waals surface area (Å²) < 4.78 is 21.9. The standard InChI is InChI=1S/C18H22O5/c1-13(21-15-9-7-14(20-2)8-10-15)16-18(23-17(19)22-16)11-5-3-4-6-12-18/h7-10,16H,1,3-6,11-12H2,2H3. The van der Waals surface area contributed by atoms with Gasteiger partial charge in [0, 0.05) is 0 Å². The fourth-order valence-corrected chi connectivity index (χ4v) is 3.35. The topological polar surface area (TPSA) is 54.0 Å². The molecule has 124 valence electrons. The summed E-state index contributed by atoms with van der Waals surface area (Å²) in [7, 11) is 1.61. The number of rotatable bonds is 4. The molecule has 1 atom stereocenters. The van der Waals surface area contributed by atoms with E-state index in [2.05, 4.69) is 6.58 Å². The molecular weight excluding hydrogens is 296 g/mol. The van der Waals surface area contributed by atoms with Crippen LogP contribution in [0.4, 0.5) is 4.79 Å². The highest BCUT2D eigenvalue weighted by atomic mass is 16.8. The van der Waals surface area contributed by atoms with Gasteiger partial charge in [-0.15, -0.1) is 0 Å². The van der Waals surface area contributed by atoms with Gasteiger partial charge in [0.1, 0.15) is 17.3 Å². The van der Waals surface area contributed by atoms with Gasteiger partial charge in [-0.05, 0) is 49.9 Å². The SMILES string of the molecule is C=C(Oc1ccc(OC)cc1)C1OC(=O)OC12CCCCCC2. The van der Waals surface area contributed by atoms with Crippen molar-refractivity contribution in [3.05, 3.63) is 36.6 Å². The molecule has 1 aliphatic heterocycles. The third-order valence-corrected chi connectivity index (χ3v) is 4.53. The number of carbonyl (C=O) groups is 1. The quantitative estimate of drug-likeness (QED) is 0.614. The number of hydrogen-bond donors (Lipinski definition) is 0. The first kappa shape index (κ1) is 15.7. The monoisotopic (exact) mass is 318 g/mol. The Morgan fingerprint density at radius 1 is 1.13 bits per heavy atom. The summed E-state index contributed by atoms with van der Waals surface area (Å²) in [5.74, 6) is 1.78. The molecule has 1 heterocycles. The van der Waals surface area contributed by atoms with E-state index in [4.69, 9.17) is 18.9 Å². The van der Waals surface area contributed by atoms with Crippen molar-refractivity contribution < 1.29 is 23.7 Å². The van der Waals surface area contributed by atoms with Crippen LogP contribution in [0.2, 0.25) is 0 Å². The van der Waals surface area contributed by atoms with Gasteiger partial charge in [0.2, 0.25) is 6.10 Å². The van der Waals surface area contributed by atoms with Gasteiger partial charge >= 0.3 is 6.16 Å². The lowest BCUT2D eigenvalue weighted by Crippen LogP contribution is -2.41. The summed E-state index contributed by atoms with van der Waals surface area (Å²) >= 11 is 0. The van der Waals surface area contributed by atoms with Gasteiger partial charge < -0.3 is 18.9 Å². The molecule has 1 unspecified atom stereocenters. The number of carbonyl (C=O) groups excluding carboxylic acids is 1. The molecule has 1 aliphatic carbocycles. The lowest BCUT2D eigenvalue weighted by Gasteiger charge is -2.30. The van der Waals surface area contributed by atoms with Crippen molar-refractivity contribution in [1.82, 2.24) is 0 Å². The molecule has 5 nitrogen and oxygen atoms in total. The summed E-state index contributed by atoms with van der Waals surface area (Å²) in [4.78, 5) is 11.7. The maximum atomic E-state index is 11.7. The van der Waals surface area contributed by atoms with Gasteiger partial charge in [0.05, 0.1) is 7.11 Å². The van der Waals surface area contributed by atoms with E-state index >= 15 is 0 Å². The summed E-state index contributed by atoms with van der Waals surface area (Å²) in [5.41, 5.74) is -0.628. The van der Waals surface area contributed by atoms with Crippen molar-refractivity contribution in [2.45, 2.75) is 50.2 Å². The molecule has 1 aromatic rings. The number of benzene rings is 1. The Kier molecular flexibility index (Phi) is 4.46. The fraction of sp³-hybridized carbons (Fsp3) is 0.500. The smallest absolute Gasteiger partial charge is 0.497 e. The minimum atomic E-state index is -0.628. The Morgan fingerprint density at radius 3 is 2.35 bits per heavy atom. The number of ether oxygens (including phenoxy) is 4. The van der Waals surface area contributed by atoms with E-state index in [0.29, 0.717) is 11.5 Å². The molecule has 23 heavy (non-hydrogen) atoms. The molecule has 1 saturated carbocycles. The Bertz CT molecular complexity index is 570. The molecular formula is C18H22O5. The molecule has 0 amide bonds. The Balaban J connectivity index is 1.74. The van der Waals surface area contributed by atoms with E-state index in [1.807, 2.05) is 0 Å². The van der Waals surface area contributed by atoms with Gasteiger partial charge in [-0.3, -0.25) is 0 Å². The molecule has 0 radical (unpaired) electrons. The third kappa shape index (κ3) is 3.28. The largest absolute Gasteiger partial charge is 0.509 e. The first-order chi connectivity index (χ1) is 11.1. The molecule has 1 aromatic carbocycles. The lowest BCUT2D eigenvalue weighted by molar-refractivity contribution is 0.0159. The molecule has 0 bridgehead atoms. The van der Waals surface area contributed by atoms with Crippen LogP contribution in [0.5, 0.6) is 11.5 Å². The van der Waals surface area contributed by atoms with Crippen molar-refractivity contribution >= 4 is 6.16 Å². The second kappa shape index (κ2) is 6.52. The highest BCUT2D eigenvalue weighted by molar-refractivity contribution is 5.64. The van der Waals surface area contributed by atoms with Crippen LogP contribution in [0.15, 0.2) is 36.6 Å². The van der Waals surface area contributed by atoms with E-state index < -0.39 is 17.9 Å². The van der Waals surface area contributed by atoms with Crippen LogP contribution in [0.25, 0.3) is 0 Å². The Morgan fingerprint density at radius 2 is 1.74 bits per heavy atom. The van der Waals surface area contributed by atoms with Crippen LogP contribution < -0.4 is 9.47 Å². The highest BCUT2D eigenvalue weighted by Crippen LogP contribution is 2.42. The summed E-state index contributed by atoms with van der Waals surface area (Å²) in [5, 5.41) is 0. The lowest BCUT2D eigenvalue weighted by atomic mass is 9.87. The van der Waals surface area contributed by atoms with Crippen LogP contribution in [0, 0.1) is 0 Å².